The van der Waals surface area contributed by atoms with E-state index in [1.807, 2.05) is 18.2 Å². The second-order valence-corrected chi connectivity index (χ2v) is 15.8. The molecule has 0 N–H and O–H groups in total. The van der Waals surface area contributed by atoms with Crippen molar-refractivity contribution in [3.05, 3.63) is 274 Å². The molecular formula is C62H46N2. The first-order valence-electron chi connectivity index (χ1n) is 21.8. The molecule has 64 heavy (non-hydrogen) atoms. The van der Waals surface area contributed by atoms with Gasteiger partial charge in [0.1, 0.15) is 0 Å². The van der Waals surface area contributed by atoms with E-state index in [4.69, 9.17) is 0 Å². The quantitative estimate of drug-likeness (QED) is 0.113. The Morgan fingerprint density at radius 1 is 0.281 bits per heavy atom. The molecule has 0 aliphatic carbocycles. The van der Waals surface area contributed by atoms with Crippen LogP contribution in [0.3, 0.4) is 0 Å². The molecule has 0 radical (unpaired) electrons. The Balaban J connectivity index is 0.935. The molecule has 0 unspecified atom stereocenters. The van der Waals surface area contributed by atoms with Gasteiger partial charge < -0.3 is 9.80 Å². The Hall–Kier alpha value is -8.46. The highest BCUT2D eigenvalue weighted by molar-refractivity contribution is 5.98. The molecule has 0 atom stereocenters. The lowest BCUT2D eigenvalue weighted by Gasteiger charge is -2.26. The maximum Gasteiger partial charge on any atom is 0.0462 e. The van der Waals surface area contributed by atoms with E-state index < -0.39 is 0 Å². The van der Waals surface area contributed by atoms with Crippen LogP contribution in [-0.4, -0.2) is 0 Å². The van der Waals surface area contributed by atoms with Crippen molar-refractivity contribution in [2.75, 3.05) is 9.80 Å². The Bertz CT molecular complexity index is 3240. The number of hydrogen-bond acceptors (Lipinski definition) is 2. The van der Waals surface area contributed by atoms with E-state index in [2.05, 4.69) is 259 Å². The van der Waals surface area contributed by atoms with Gasteiger partial charge in [0.25, 0.3) is 0 Å². The van der Waals surface area contributed by atoms with Crippen LogP contribution in [0.4, 0.5) is 28.4 Å². The second kappa shape index (κ2) is 18.3. The Morgan fingerprint density at radius 3 is 1.11 bits per heavy atom. The SMILES string of the molecule is C=C/C=C\C=C\N(c1ccc(-c2ccccc2-c2ccc(N(c3ccccc3)c3ccc(-c4cccc5ccccc45)cc3)cc2)cc1)c1ccc(-c2cccc3ccccc23)cc1. The third kappa shape index (κ3) is 8.16. The zero-order chi connectivity index (χ0) is 43.1. The van der Waals surface area contributed by atoms with Crippen molar-refractivity contribution in [1.82, 2.24) is 0 Å². The van der Waals surface area contributed by atoms with E-state index in [9.17, 15) is 0 Å². The number of allylic oxidation sites excluding steroid dienone is 4. The van der Waals surface area contributed by atoms with Crippen LogP contribution >= 0.6 is 0 Å². The minimum absolute atomic E-state index is 1.07. The van der Waals surface area contributed by atoms with Crippen molar-refractivity contribution in [2.24, 2.45) is 0 Å². The number of anilines is 5. The molecule has 10 rings (SSSR count). The van der Waals surface area contributed by atoms with Crippen LogP contribution in [-0.2, 0) is 0 Å². The first kappa shape index (κ1) is 39.7. The van der Waals surface area contributed by atoms with Gasteiger partial charge >= 0.3 is 0 Å². The molecule has 0 aromatic heterocycles. The zero-order valence-electron chi connectivity index (χ0n) is 35.5. The number of nitrogens with zero attached hydrogens (tertiary/aromatic N) is 2. The molecule has 10 aromatic carbocycles. The fraction of sp³-hybridized carbons (Fsp3) is 0. The van der Waals surface area contributed by atoms with Crippen LogP contribution in [0.1, 0.15) is 0 Å². The molecular weight excluding hydrogens is 773 g/mol. The van der Waals surface area contributed by atoms with Crippen LogP contribution in [0.2, 0.25) is 0 Å². The molecule has 0 saturated carbocycles. The Labute approximate surface area is 376 Å². The first-order valence-corrected chi connectivity index (χ1v) is 21.8. The predicted molar refractivity (Wildman–Crippen MR) is 275 cm³/mol. The topological polar surface area (TPSA) is 6.48 Å². The largest absolute Gasteiger partial charge is 0.317 e. The molecule has 2 heteroatoms. The summed E-state index contributed by atoms with van der Waals surface area (Å²) >= 11 is 0. The number of hydrogen-bond donors (Lipinski definition) is 0. The summed E-state index contributed by atoms with van der Waals surface area (Å²) in [4.78, 5) is 4.55. The highest BCUT2D eigenvalue weighted by atomic mass is 15.1. The average Bonchev–Trinajstić information content (AvgIpc) is 3.37. The average molecular weight is 819 g/mol. The number of fused-ring (bicyclic) bond motifs is 2. The van der Waals surface area contributed by atoms with Crippen LogP contribution in [0.25, 0.3) is 66.1 Å². The van der Waals surface area contributed by atoms with Gasteiger partial charge in [-0.05, 0) is 133 Å². The normalized spacial score (nSPS) is 11.4. The minimum Gasteiger partial charge on any atom is -0.317 e. The molecule has 0 fully saturated rings. The van der Waals surface area contributed by atoms with Crippen molar-refractivity contribution in [1.29, 1.82) is 0 Å². The highest BCUT2D eigenvalue weighted by Crippen LogP contribution is 2.40. The summed E-state index contributed by atoms with van der Waals surface area (Å²) < 4.78 is 0. The minimum atomic E-state index is 1.07. The number of benzene rings is 10. The third-order valence-corrected chi connectivity index (χ3v) is 11.9. The van der Waals surface area contributed by atoms with Gasteiger partial charge in [0.05, 0.1) is 0 Å². The third-order valence-electron chi connectivity index (χ3n) is 11.9. The van der Waals surface area contributed by atoms with Gasteiger partial charge in [-0.1, -0.05) is 201 Å². The Morgan fingerprint density at radius 2 is 0.641 bits per heavy atom. The van der Waals surface area contributed by atoms with Crippen molar-refractivity contribution in [2.45, 2.75) is 0 Å². The maximum absolute atomic E-state index is 3.84. The van der Waals surface area contributed by atoms with Crippen LogP contribution < -0.4 is 9.80 Å². The summed E-state index contributed by atoms with van der Waals surface area (Å²) in [6.45, 7) is 3.84. The standard InChI is InChI=1S/C62H46N2/c1-2-3-4-14-45-63(53-39-31-49(32-40-53)61-27-15-19-46-17-8-10-23-57(46)61)52-37-29-48(30-38-52)59-25-12-13-26-60(59)50-33-41-55(42-34-50)64(54-21-6-5-7-22-54)56-43-35-51(36-44-56)62-28-16-20-47-18-9-11-24-58(47)62/h2-45H,1H2/b4-3-,45-14+. The van der Waals surface area contributed by atoms with Gasteiger partial charge in [-0.3, -0.25) is 0 Å². The van der Waals surface area contributed by atoms with Crippen molar-refractivity contribution < 1.29 is 0 Å². The molecule has 0 saturated heterocycles. The summed E-state index contributed by atoms with van der Waals surface area (Å²) in [7, 11) is 0. The molecule has 0 aliphatic heterocycles. The number of para-hydroxylation sites is 1. The van der Waals surface area contributed by atoms with E-state index in [1.165, 1.54) is 54.9 Å². The maximum atomic E-state index is 3.84. The van der Waals surface area contributed by atoms with Gasteiger partial charge in [0, 0.05) is 34.6 Å². The van der Waals surface area contributed by atoms with Crippen LogP contribution in [0.5, 0.6) is 0 Å². The summed E-state index contributed by atoms with van der Waals surface area (Å²) in [5, 5.41) is 5.00. The van der Waals surface area contributed by atoms with Crippen LogP contribution in [0.15, 0.2) is 274 Å². The van der Waals surface area contributed by atoms with E-state index in [-0.39, 0.29) is 0 Å². The molecule has 0 amide bonds. The van der Waals surface area contributed by atoms with Crippen molar-refractivity contribution in [3.63, 3.8) is 0 Å². The molecule has 0 heterocycles. The van der Waals surface area contributed by atoms with E-state index in [0.717, 1.165) is 39.6 Å². The lowest BCUT2D eigenvalue weighted by Crippen LogP contribution is -2.09. The first-order chi connectivity index (χ1) is 31.7. The molecule has 2 nitrogen and oxygen atoms in total. The summed E-state index contributed by atoms with van der Waals surface area (Å²) in [5.74, 6) is 0. The molecule has 0 spiro atoms. The monoisotopic (exact) mass is 818 g/mol. The van der Waals surface area contributed by atoms with E-state index in [1.54, 1.807) is 6.08 Å². The smallest absolute Gasteiger partial charge is 0.0462 e. The Kier molecular flexibility index (Phi) is 11.3. The molecule has 10 aromatic rings. The fourth-order valence-corrected chi connectivity index (χ4v) is 8.75. The summed E-state index contributed by atoms with van der Waals surface area (Å²) in [6, 6.07) is 85.1. The predicted octanol–water partition coefficient (Wildman–Crippen LogP) is 17.5. The molecule has 304 valence electrons. The van der Waals surface area contributed by atoms with Gasteiger partial charge in [0.15, 0.2) is 0 Å². The lowest BCUT2D eigenvalue weighted by atomic mass is 9.94. The van der Waals surface area contributed by atoms with Crippen molar-refractivity contribution >= 4 is 50.0 Å². The van der Waals surface area contributed by atoms with Crippen LogP contribution in [0, 0.1) is 0 Å². The van der Waals surface area contributed by atoms with Gasteiger partial charge in [-0.15, -0.1) is 0 Å². The molecule has 0 aliphatic rings. The van der Waals surface area contributed by atoms with Gasteiger partial charge in [-0.2, -0.15) is 0 Å². The second-order valence-electron chi connectivity index (χ2n) is 15.8. The number of rotatable bonds is 12. The molecule has 0 bridgehead atoms. The highest BCUT2D eigenvalue weighted by Gasteiger charge is 2.16. The summed E-state index contributed by atoms with van der Waals surface area (Å²) in [5.41, 5.74) is 15.0. The van der Waals surface area contributed by atoms with Gasteiger partial charge in [0.2, 0.25) is 0 Å². The van der Waals surface area contributed by atoms with Gasteiger partial charge in [-0.25, -0.2) is 0 Å². The van der Waals surface area contributed by atoms with Crippen molar-refractivity contribution in [3.8, 4) is 44.5 Å². The zero-order valence-corrected chi connectivity index (χ0v) is 35.5. The summed E-state index contributed by atoms with van der Waals surface area (Å²) in [6.07, 6.45) is 9.89. The van der Waals surface area contributed by atoms with E-state index >= 15 is 0 Å². The van der Waals surface area contributed by atoms with E-state index in [0.29, 0.717) is 0 Å². The fourth-order valence-electron chi connectivity index (χ4n) is 8.75. The lowest BCUT2D eigenvalue weighted by molar-refractivity contribution is 1.28.